The molecule has 0 aromatic rings. The van der Waals surface area contributed by atoms with Crippen molar-refractivity contribution in [1.29, 1.82) is 0 Å². The van der Waals surface area contributed by atoms with Crippen LogP contribution in [0.25, 0.3) is 0 Å². The van der Waals surface area contributed by atoms with Gasteiger partial charge >= 0.3 is 0 Å². The summed E-state index contributed by atoms with van der Waals surface area (Å²) < 4.78 is 0. The summed E-state index contributed by atoms with van der Waals surface area (Å²) in [6.07, 6.45) is 1.35. The van der Waals surface area contributed by atoms with Crippen LogP contribution < -0.4 is 0 Å². The van der Waals surface area contributed by atoms with E-state index in [2.05, 4.69) is 6.92 Å². The van der Waals surface area contributed by atoms with Crippen LogP contribution in [-0.2, 0) is 0 Å². The third-order valence-corrected chi connectivity index (χ3v) is 10.6. The van der Waals surface area contributed by atoms with Gasteiger partial charge in [-0.25, -0.2) is 0 Å². The van der Waals surface area contributed by atoms with E-state index in [-0.39, 0.29) is 8.80 Å². The lowest BCUT2D eigenvalue weighted by atomic mass is 10.6. The highest BCUT2D eigenvalue weighted by atomic mass is 35.7. The minimum absolute atomic E-state index is 0.00346. The maximum atomic E-state index is 6.16. The average molecular weight is 226 g/mol. The van der Waals surface area contributed by atoms with Gasteiger partial charge in [0.1, 0.15) is 0 Å². The van der Waals surface area contributed by atoms with Gasteiger partial charge in [-0.1, -0.05) is 31.5 Å². The second kappa shape index (κ2) is 4.31. The van der Waals surface area contributed by atoms with Crippen LogP contribution >= 0.6 is 22.2 Å². The summed E-state index contributed by atoms with van der Waals surface area (Å²) in [5.74, 6) is 0. The Morgan fingerprint density at radius 1 is 1.27 bits per heavy atom. The fraction of sp³-hybridized carbons (Fsp3) is 1.00. The summed E-state index contributed by atoms with van der Waals surface area (Å²) in [5, 5.41) is 0. The average Bonchev–Trinajstić information content (AvgIpc) is 1.94. The summed E-state index contributed by atoms with van der Waals surface area (Å²) in [7, 11) is -0.00346. The van der Waals surface area contributed by atoms with Gasteiger partial charge in [0.05, 0.1) is 0 Å². The summed E-state index contributed by atoms with van der Waals surface area (Å²) in [4.78, 5) is 0. The molecule has 0 aliphatic carbocycles. The smallest absolute Gasteiger partial charge is 0.146 e. The molecule has 4 heteroatoms. The molecule has 1 rings (SSSR count). The summed E-state index contributed by atoms with van der Waals surface area (Å²) >= 11 is 12.3. The zero-order chi connectivity index (χ0) is 8.32. The molecule has 0 amide bonds. The van der Waals surface area contributed by atoms with Crippen LogP contribution in [0, 0.1) is 0 Å². The van der Waals surface area contributed by atoms with Gasteiger partial charge in [-0.15, -0.1) is 22.2 Å². The number of hydrogen-bond donors (Lipinski definition) is 0. The Morgan fingerprint density at radius 3 is 2.27 bits per heavy atom. The summed E-state index contributed by atoms with van der Waals surface area (Å²) in [6, 6.07) is 6.59. The number of hydrogen-bond acceptors (Lipinski definition) is 0. The Balaban J connectivity index is 2.25. The van der Waals surface area contributed by atoms with E-state index in [4.69, 9.17) is 22.2 Å². The minimum Gasteiger partial charge on any atom is -0.146 e. The van der Waals surface area contributed by atoms with E-state index in [1.54, 1.807) is 0 Å². The first-order chi connectivity index (χ1) is 5.14. The van der Waals surface area contributed by atoms with Gasteiger partial charge in [0.2, 0.25) is 0 Å². The van der Waals surface area contributed by atoms with Gasteiger partial charge in [-0.05, 0) is 12.1 Å². The van der Waals surface area contributed by atoms with Crippen LogP contribution in [0.4, 0.5) is 0 Å². The molecule has 0 spiro atoms. The molecule has 11 heavy (non-hydrogen) atoms. The van der Waals surface area contributed by atoms with Crippen molar-refractivity contribution in [3.05, 3.63) is 0 Å². The molecule has 65 valence electrons. The second-order valence-electron chi connectivity index (χ2n) is 3.36. The van der Waals surface area contributed by atoms with Crippen molar-refractivity contribution in [2.24, 2.45) is 0 Å². The van der Waals surface area contributed by atoms with Crippen LogP contribution in [0.2, 0.25) is 30.2 Å². The Kier molecular flexibility index (Phi) is 3.95. The van der Waals surface area contributed by atoms with Gasteiger partial charge in [-0.3, -0.25) is 0 Å². The maximum absolute atomic E-state index is 6.16. The largest absolute Gasteiger partial charge is 0.250 e. The third kappa shape index (κ3) is 3.49. The first-order valence-electron chi connectivity index (χ1n) is 4.35. The molecule has 0 unspecified atom stereocenters. The highest BCUT2D eigenvalue weighted by Gasteiger charge is 2.34. The molecule has 0 saturated carbocycles. The highest BCUT2D eigenvalue weighted by molar-refractivity contribution is 7.45. The molecule has 0 aromatic carbocycles. The number of rotatable bonds is 2. The van der Waals surface area contributed by atoms with Crippen molar-refractivity contribution < 1.29 is 0 Å². The van der Waals surface area contributed by atoms with E-state index in [9.17, 15) is 0 Å². The predicted octanol–water partition coefficient (Wildman–Crippen LogP) is 3.82. The molecular formula is C7H15Cl2Si2. The Labute approximate surface area is 81.3 Å². The molecule has 1 aliphatic rings. The highest BCUT2D eigenvalue weighted by Crippen LogP contribution is 2.36. The molecule has 0 bridgehead atoms. The third-order valence-electron chi connectivity index (χ3n) is 2.29. The Bertz CT molecular complexity index is 118. The normalized spacial score (nSPS) is 25.4. The molecular weight excluding hydrogens is 211 g/mol. The van der Waals surface area contributed by atoms with E-state index >= 15 is 0 Å². The molecule has 0 aromatic heterocycles. The molecule has 1 saturated heterocycles. The fourth-order valence-corrected chi connectivity index (χ4v) is 12.4. The van der Waals surface area contributed by atoms with Crippen LogP contribution in [0.15, 0.2) is 0 Å². The van der Waals surface area contributed by atoms with Crippen LogP contribution in [0.5, 0.6) is 0 Å². The van der Waals surface area contributed by atoms with Crippen molar-refractivity contribution in [3.63, 3.8) is 0 Å². The van der Waals surface area contributed by atoms with E-state index < -0.39 is 6.69 Å². The fourth-order valence-electron chi connectivity index (χ4n) is 1.57. The zero-order valence-electron chi connectivity index (χ0n) is 7.00. The van der Waals surface area contributed by atoms with Crippen molar-refractivity contribution in [2.75, 3.05) is 0 Å². The van der Waals surface area contributed by atoms with Gasteiger partial charge in [0.15, 0.2) is 0 Å². The summed E-state index contributed by atoms with van der Waals surface area (Å²) in [5.41, 5.74) is 0. The molecule has 0 nitrogen and oxygen atoms in total. The molecule has 0 atom stereocenters. The molecule has 0 N–H and O–H groups in total. The van der Waals surface area contributed by atoms with E-state index in [0.29, 0.717) is 0 Å². The monoisotopic (exact) mass is 225 g/mol. The van der Waals surface area contributed by atoms with E-state index in [0.717, 1.165) is 0 Å². The van der Waals surface area contributed by atoms with Crippen molar-refractivity contribution in [3.8, 4) is 0 Å². The maximum Gasteiger partial charge on any atom is 0.250 e. The van der Waals surface area contributed by atoms with Gasteiger partial charge in [0, 0.05) is 8.80 Å². The zero-order valence-corrected chi connectivity index (χ0v) is 10.5. The quantitative estimate of drug-likeness (QED) is 0.496. The second-order valence-corrected chi connectivity index (χ2v) is 14.0. The minimum atomic E-state index is -1.69. The molecule has 1 fully saturated rings. The molecule has 1 radical (unpaired) electrons. The van der Waals surface area contributed by atoms with Crippen molar-refractivity contribution >= 4 is 37.6 Å². The van der Waals surface area contributed by atoms with E-state index in [1.165, 1.54) is 36.6 Å². The predicted molar refractivity (Wildman–Crippen MR) is 57.5 cm³/mol. The topological polar surface area (TPSA) is 0 Å². The lowest BCUT2D eigenvalue weighted by molar-refractivity contribution is 1.02. The number of halogens is 2. The van der Waals surface area contributed by atoms with Gasteiger partial charge in [0.25, 0.3) is 6.69 Å². The SMILES string of the molecule is CCC[Si]1CC[Si](Cl)(Cl)CC1. The first-order valence-corrected chi connectivity index (χ1v) is 10.9. The van der Waals surface area contributed by atoms with Crippen molar-refractivity contribution in [2.45, 2.75) is 43.6 Å². The Hall–Kier alpha value is 1.01. The van der Waals surface area contributed by atoms with Crippen LogP contribution in [0.3, 0.4) is 0 Å². The van der Waals surface area contributed by atoms with Gasteiger partial charge in [-0.2, -0.15) is 0 Å². The lowest BCUT2D eigenvalue weighted by Crippen LogP contribution is -2.30. The first kappa shape index (κ1) is 10.1. The van der Waals surface area contributed by atoms with Crippen molar-refractivity contribution in [1.82, 2.24) is 0 Å². The summed E-state index contributed by atoms with van der Waals surface area (Å²) in [6.45, 7) is 0.585. The van der Waals surface area contributed by atoms with E-state index in [1.807, 2.05) is 0 Å². The molecule has 1 heterocycles. The molecule has 1 aliphatic heterocycles. The lowest BCUT2D eigenvalue weighted by Gasteiger charge is -2.27. The van der Waals surface area contributed by atoms with Crippen LogP contribution in [0.1, 0.15) is 13.3 Å². The standard InChI is InChI=1S/C7H15Cl2Si2/c1-2-3-10-4-6-11(8,9)7-5-10/h2-7H2,1H3. The van der Waals surface area contributed by atoms with Gasteiger partial charge < -0.3 is 0 Å². The Morgan fingerprint density at radius 2 is 1.82 bits per heavy atom. The van der Waals surface area contributed by atoms with Crippen LogP contribution in [-0.4, -0.2) is 15.5 Å².